The molecule has 0 aliphatic heterocycles. The number of halogens is 2. The molecule has 0 spiro atoms. The van der Waals surface area contributed by atoms with E-state index in [1.807, 2.05) is 0 Å². The normalized spacial score (nSPS) is 13.5. The first kappa shape index (κ1) is 16.4. The van der Waals surface area contributed by atoms with Gasteiger partial charge < -0.3 is 5.73 Å². The molecule has 108 valence electrons. The van der Waals surface area contributed by atoms with Crippen LogP contribution in [0.25, 0.3) is 0 Å². The van der Waals surface area contributed by atoms with Gasteiger partial charge in [-0.2, -0.15) is 0 Å². The van der Waals surface area contributed by atoms with Gasteiger partial charge in [0.25, 0.3) is 0 Å². The molecule has 1 aromatic carbocycles. The molecule has 0 radical (unpaired) electrons. The summed E-state index contributed by atoms with van der Waals surface area (Å²) in [5, 5.41) is 3.25. The fraction of sp³-hybridized carbons (Fsp3) is 0.400. The molecule has 20 heavy (non-hydrogen) atoms. The Morgan fingerprint density at radius 3 is 2.70 bits per heavy atom. The third-order valence-electron chi connectivity index (χ3n) is 3.07. The zero-order valence-electron chi connectivity index (χ0n) is 11.8. The fourth-order valence-corrected chi connectivity index (χ4v) is 3.98. The third kappa shape index (κ3) is 4.02. The summed E-state index contributed by atoms with van der Waals surface area (Å²) in [5.74, 6) is 0. The Bertz CT molecular complexity index is 604. The molecule has 2 N–H and O–H groups in total. The molecule has 2 aromatic rings. The first-order valence-corrected chi connectivity index (χ1v) is 9.18. The van der Waals surface area contributed by atoms with Gasteiger partial charge in [-0.15, -0.1) is 11.3 Å². The minimum atomic E-state index is -0.0296. The Balaban J connectivity index is 2.17. The summed E-state index contributed by atoms with van der Waals surface area (Å²) in [6.45, 7) is 6.55. The number of hydrogen-bond acceptors (Lipinski definition) is 3. The number of benzene rings is 1. The highest BCUT2D eigenvalue weighted by atomic mass is 127. The lowest BCUT2D eigenvalue weighted by atomic mass is 9.93. The number of hydrogen-bond donors (Lipinski definition) is 1. The second-order valence-electron chi connectivity index (χ2n) is 5.85. The lowest BCUT2D eigenvalue weighted by Gasteiger charge is -2.15. The minimum absolute atomic E-state index is 0.0296. The minimum Gasteiger partial charge on any atom is -0.324 e. The zero-order valence-corrected chi connectivity index (χ0v) is 16.3. The van der Waals surface area contributed by atoms with Crippen molar-refractivity contribution < 1.29 is 0 Å². The van der Waals surface area contributed by atoms with Crippen LogP contribution in [-0.4, -0.2) is 4.98 Å². The van der Waals surface area contributed by atoms with Crippen molar-refractivity contribution >= 4 is 49.9 Å². The van der Waals surface area contributed by atoms with Crippen LogP contribution in [0.15, 0.2) is 28.1 Å². The van der Waals surface area contributed by atoms with E-state index >= 15 is 0 Å². The molecular weight excluding hydrogens is 447 g/mol. The molecule has 1 unspecified atom stereocenters. The van der Waals surface area contributed by atoms with Crippen molar-refractivity contribution in [3.63, 3.8) is 0 Å². The summed E-state index contributed by atoms with van der Waals surface area (Å²) in [6, 6.07) is 6.23. The van der Waals surface area contributed by atoms with Crippen LogP contribution >= 0.6 is 49.9 Å². The molecule has 0 saturated carbocycles. The average molecular weight is 465 g/mol. The van der Waals surface area contributed by atoms with Crippen LogP contribution in [-0.2, 0) is 11.8 Å². The number of aromatic nitrogens is 1. The molecule has 0 aliphatic rings. The quantitative estimate of drug-likeness (QED) is 0.645. The molecule has 0 saturated heterocycles. The summed E-state index contributed by atoms with van der Waals surface area (Å²) in [5.41, 5.74) is 8.73. The van der Waals surface area contributed by atoms with Gasteiger partial charge in [0.2, 0.25) is 0 Å². The van der Waals surface area contributed by atoms with E-state index in [0.717, 1.165) is 27.2 Å². The number of rotatable bonds is 3. The molecule has 0 amide bonds. The van der Waals surface area contributed by atoms with Gasteiger partial charge in [-0.1, -0.05) is 36.7 Å². The maximum Gasteiger partial charge on any atom is 0.0947 e. The maximum atomic E-state index is 6.35. The lowest BCUT2D eigenvalue weighted by Crippen LogP contribution is -2.15. The second-order valence-corrected chi connectivity index (χ2v) is 8.90. The zero-order chi connectivity index (χ0) is 14.9. The van der Waals surface area contributed by atoms with Crippen LogP contribution in [0.2, 0.25) is 0 Å². The van der Waals surface area contributed by atoms with Gasteiger partial charge in [0.15, 0.2) is 0 Å². The monoisotopic (exact) mass is 464 g/mol. The largest absolute Gasteiger partial charge is 0.324 e. The van der Waals surface area contributed by atoms with E-state index in [9.17, 15) is 0 Å². The van der Waals surface area contributed by atoms with Crippen LogP contribution in [0.5, 0.6) is 0 Å². The Kier molecular flexibility index (Phi) is 5.26. The molecule has 0 bridgehead atoms. The van der Waals surface area contributed by atoms with Crippen LogP contribution < -0.4 is 5.73 Å². The molecule has 1 atom stereocenters. The Morgan fingerprint density at radius 2 is 2.10 bits per heavy atom. The van der Waals surface area contributed by atoms with Crippen molar-refractivity contribution in [2.45, 2.75) is 38.6 Å². The van der Waals surface area contributed by atoms with Gasteiger partial charge in [0.1, 0.15) is 0 Å². The molecule has 0 fully saturated rings. The molecule has 2 nitrogen and oxygen atoms in total. The number of thiazole rings is 1. The maximum absolute atomic E-state index is 6.35. The number of nitrogens with zero attached hydrogens (tertiary/aromatic N) is 1. The van der Waals surface area contributed by atoms with Crippen molar-refractivity contribution in [2.75, 3.05) is 0 Å². The summed E-state index contributed by atoms with van der Waals surface area (Å²) in [6.07, 6.45) is 0.777. The van der Waals surface area contributed by atoms with Gasteiger partial charge >= 0.3 is 0 Å². The molecular formula is C15H18BrIN2S. The van der Waals surface area contributed by atoms with E-state index in [2.05, 4.69) is 82.9 Å². The first-order chi connectivity index (χ1) is 9.27. The van der Waals surface area contributed by atoms with E-state index in [-0.39, 0.29) is 11.5 Å². The van der Waals surface area contributed by atoms with Crippen molar-refractivity contribution in [2.24, 2.45) is 5.73 Å². The van der Waals surface area contributed by atoms with Crippen LogP contribution in [0.4, 0.5) is 0 Å². The lowest BCUT2D eigenvalue weighted by molar-refractivity contribution is 0.569. The smallest absolute Gasteiger partial charge is 0.0947 e. The second kappa shape index (κ2) is 6.42. The summed E-state index contributed by atoms with van der Waals surface area (Å²) >= 11 is 7.59. The van der Waals surface area contributed by atoms with Crippen molar-refractivity contribution in [1.29, 1.82) is 0 Å². The highest BCUT2D eigenvalue weighted by molar-refractivity contribution is 14.1. The van der Waals surface area contributed by atoms with Crippen molar-refractivity contribution in [3.8, 4) is 0 Å². The summed E-state index contributed by atoms with van der Waals surface area (Å²) < 4.78 is 2.27. The fourth-order valence-electron chi connectivity index (χ4n) is 1.85. The third-order valence-corrected chi connectivity index (χ3v) is 5.34. The van der Waals surface area contributed by atoms with Crippen LogP contribution in [0, 0.1) is 3.57 Å². The average Bonchev–Trinajstić information content (AvgIpc) is 2.80. The van der Waals surface area contributed by atoms with E-state index in [0.29, 0.717) is 0 Å². The molecule has 5 heteroatoms. The predicted octanol–water partition coefficient (Wildman–Crippen LogP) is 5.05. The highest BCUT2D eigenvalue weighted by Crippen LogP contribution is 2.29. The summed E-state index contributed by atoms with van der Waals surface area (Å²) in [4.78, 5) is 4.72. The van der Waals surface area contributed by atoms with Crippen LogP contribution in [0.3, 0.4) is 0 Å². The number of nitrogens with two attached hydrogens (primary N) is 1. The molecule has 1 heterocycles. The Labute approximate surface area is 146 Å². The van der Waals surface area contributed by atoms with E-state index in [1.54, 1.807) is 11.3 Å². The van der Waals surface area contributed by atoms with Crippen molar-refractivity contribution in [1.82, 2.24) is 4.98 Å². The molecule has 1 aromatic heterocycles. The molecule has 2 rings (SSSR count). The van der Waals surface area contributed by atoms with E-state index in [4.69, 9.17) is 10.7 Å². The topological polar surface area (TPSA) is 38.9 Å². The molecule has 0 aliphatic carbocycles. The van der Waals surface area contributed by atoms with E-state index in [1.165, 1.54) is 3.57 Å². The van der Waals surface area contributed by atoms with Gasteiger partial charge in [-0.05, 0) is 46.4 Å². The highest BCUT2D eigenvalue weighted by Gasteiger charge is 2.19. The van der Waals surface area contributed by atoms with Gasteiger partial charge in [0.05, 0.1) is 10.7 Å². The Hall–Kier alpha value is 0.0200. The van der Waals surface area contributed by atoms with Gasteiger partial charge in [-0.3, -0.25) is 0 Å². The van der Waals surface area contributed by atoms with Crippen LogP contribution in [0.1, 0.15) is 43.1 Å². The predicted molar refractivity (Wildman–Crippen MR) is 98.3 cm³/mol. The van der Waals surface area contributed by atoms with E-state index < -0.39 is 0 Å². The van der Waals surface area contributed by atoms with Crippen molar-refractivity contribution in [3.05, 3.63) is 47.9 Å². The first-order valence-electron chi connectivity index (χ1n) is 6.43. The standard InChI is InChI=1S/C15H18BrIN2S/c1-15(2,3)13-8-20-14(19-13)7-12(18)10-6-9(17)4-5-11(10)16/h4-6,8,12H,7,18H2,1-3H3. The summed E-state index contributed by atoms with van der Waals surface area (Å²) in [7, 11) is 0. The van der Waals surface area contributed by atoms with Gasteiger partial charge in [-0.25, -0.2) is 4.98 Å². The SMILES string of the molecule is CC(C)(C)c1csc(CC(N)c2cc(I)ccc2Br)n1. The Morgan fingerprint density at radius 1 is 1.40 bits per heavy atom. The van der Waals surface area contributed by atoms with Gasteiger partial charge in [0, 0.05) is 31.3 Å².